The predicted octanol–water partition coefficient (Wildman–Crippen LogP) is 3.00. The molecule has 2 unspecified atom stereocenters. The average molecular weight is 276 g/mol. The molecule has 1 aliphatic rings. The Labute approximate surface area is 123 Å². The van der Waals surface area contributed by atoms with Gasteiger partial charge in [-0.2, -0.15) is 0 Å². The van der Waals surface area contributed by atoms with Crippen LogP contribution in [-0.2, 0) is 0 Å². The molecule has 1 aromatic carbocycles. The minimum Gasteiger partial charge on any atom is -0.496 e. The van der Waals surface area contributed by atoms with Crippen LogP contribution < -0.4 is 10.1 Å². The van der Waals surface area contributed by atoms with E-state index in [1.165, 1.54) is 30.5 Å². The summed E-state index contributed by atoms with van der Waals surface area (Å²) in [5, 5.41) is 3.50. The fourth-order valence-electron chi connectivity index (χ4n) is 3.06. The molecular weight excluding hydrogens is 248 g/mol. The van der Waals surface area contributed by atoms with Crippen LogP contribution in [-0.4, -0.2) is 38.7 Å². The molecule has 1 aliphatic heterocycles. The molecular formula is C17H28N2O. The van der Waals surface area contributed by atoms with Crippen molar-refractivity contribution in [2.45, 2.75) is 32.7 Å². The summed E-state index contributed by atoms with van der Waals surface area (Å²) in [6, 6.07) is 6.82. The Morgan fingerprint density at radius 2 is 2.25 bits per heavy atom. The van der Waals surface area contributed by atoms with Gasteiger partial charge >= 0.3 is 0 Å². The maximum Gasteiger partial charge on any atom is 0.123 e. The predicted molar refractivity (Wildman–Crippen MR) is 84.4 cm³/mol. The van der Waals surface area contributed by atoms with Crippen LogP contribution in [0.2, 0.25) is 0 Å². The highest BCUT2D eigenvalue weighted by molar-refractivity contribution is 5.38. The standard InChI is InChI=1S/C17H28N2O/c1-13-7-8-17(20-4)16(10-13)14(2)19(3)12-15-6-5-9-18-11-15/h7-8,10,14-15,18H,5-6,9,11-12H2,1-4H3. The zero-order valence-electron chi connectivity index (χ0n) is 13.3. The van der Waals surface area contributed by atoms with Crippen molar-refractivity contribution in [1.29, 1.82) is 0 Å². The zero-order chi connectivity index (χ0) is 14.5. The van der Waals surface area contributed by atoms with Crippen molar-refractivity contribution in [1.82, 2.24) is 10.2 Å². The van der Waals surface area contributed by atoms with Gasteiger partial charge in [-0.15, -0.1) is 0 Å². The second kappa shape index (κ2) is 7.09. The van der Waals surface area contributed by atoms with E-state index in [-0.39, 0.29) is 0 Å². The molecule has 2 rings (SSSR count). The minimum absolute atomic E-state index is 0.381. The van der Waals surface area contributed by atoms with Gasteiger partial charge in [0, 0.05) is 18.2 Å². The van der Waals surface area contributed by atoms with Gasteiger partial charge in [0.1, 0.15) is 5.75 Å². The molecule has 0 aliphatic carbocycles. The van der Waals surface area contributed by atoms with Gasteiger partial charge in [-0.3, -0.25) is 4.90 Å². The van der Waals surface area contributed by atoms with Crippen LogP contribution in [0.25, 0.3) is 0 Å². The molecule has 1 saturated heterocycles. The van der Waals surface area contributed by atoms with Crippen molar-refractivity contribution in [2.24, 2.45) is 5.92 Å². The maximum absolute atomic E-state index is 5.52. The molecule has 3 nitrogen and oxygen atoms in total. The Balaban J connectivity index is 2.05. The smallest absolute Gasteiger partial charge is 0.123 e. The van der Waals surface area contributed by atoms with E-state index in [1.807, 2.05) is 0 Å². The summed E-state index contributed by atoms with van der Waals surface area (Å²) in [6.07, 6.45) is 2.65. The second-order valence-electron chi connectivity index (χ2n) is 6.07. The summed E-state index contributed by atoms with van der Waals surface area (Å²) in [5.74, 6) is 1.77. The van der Waals surface area contributed by atoms with E-state index in [0.29, 0.717) is 6.04 Å². The highest BCUT2D eigenvalue weighted by Crippen LogP contribution is 2.30. The highest BCUT2D eigenvalue weighted by atomic mass is 16.5. The lowest BCUT2D eigenvalue weighted by Crippen LogP contribution is -2.37. The molecule has 112 valence electrons. The van der Waals surface area contributed by atoms with E-state index in [0.717, 1.165) is 24.8 Å². The molecule has 1 heterocycles. The summed E-state index contributed by atoms with van der Waals surface area (Å²) in [7, 11) is 3.98. The number of hydrogen-bond donors (Lipinski definition) is 1. The van der Waals surface area contributed by atoms with Crippen LogP contribution in [0.15, 0.2) is 18.2 Å². The van der Waals surface area contributed by atoms with Crippen LogP contribution in [0, 0.1) is 12.8 Å². The van der Waals surface area contributed by atoms with Gasteiger partial charge in [0.25, 0.3) is 0 Å². The van der Waals surface area contributed by atoms with Crippen molar-refractivity contribution >= 4 is 0 Å². The molecule has 3 heteroatoms. The first-order chi connectivity index (χ1) is 9.61. The lowest BCUT2D eigenvalue weighted by molar-refractivity contribution is 0.196. The van der Waals surface area contributed by atoms with Gasteiger partial charge in [-0.25, -0.2) is 0 Å². The Kier molecular flexibility index (Phi) is 5.44. The lowest BCUT2D eigenvalue weighted by Gasteiger charge is -2.32. The summed E-state index contributed by atoms with van der Waals surface area (Å²) in [6.45, 7) is 7.89. The quantitative estimate of drug-likeness (QED) is 0.895. The van der Waals surface area contributed by atoms with E-state index >= 15 is 0 Å². The minimum atomic E-state index is 0.381. The first kappa shape index (κ1) is 15.3. The number of nitrogens with zero attached hydrogens (tertiary/aromatic N) is 1. The third-order valence-corrected chi connectivity index (χ3v) is 4.44. The van der Waals surface area contributed by atoms with Gasteiger partial charge in [0.2, 0.25) is 0 Å². The topological polar surface area (TPSA) is 24.5 Å². The number of aryl methyl sites for hydroxylation is 1. The molecule has 1 fully saturated rings. The third-order valence-electron chi connectivity index (χ3n) is 4.44. The monoisotopic (exact) mass is 276 g/mol. The molecule has 1 aromatic rings. The van der Waals surface area contributed by atoms with Crippen LogP contribution in [0.1, 0.15) is 36.9 Å². The Morgan fingerprint density at radius 3 is 2.90 bits per heavy atom. The van der Waals surface area contributed by atoms with Crippen molar-refractivity contribution in [3.63, 3.8) is 0 Å². The number of rotatable bonds is 5. The van der Waals surface area contributed by atoms with E-state index in [1.54, 1.807) is 7.11 Å². The molecule has 0 spiro atoms. The van der Waals surface area contributed by atoms with Crippen LogP contribution in [0.4, 0.5) is 0 Å². The lowest BCUT2D eigenvalue weighted by atomic mass is 9.97. The molecule has 0 amide bonds. The molecule has 2 atom stereocenters. The summed E-state index contributed by atoms with van der Waals surface area (Å²) in [5.41, 5.74) is 2.58. The molecule has 0 saturated carbocycles. The van der Waals surface area contributed by atoms with Crippen LogP contribution in [0.3, 0.4) is 0 Å². The zero-order valence-corrected chi connectivity index (χ0v) is 13.3. The van der Waals surface area contributed by atoms with Crippen molar-refractivity contribution in [3.8, 4) is 5.75 Å². The van der Waals surface area contributed by atoms with Crippen molar-refractivity contribution in [3.05, 3.63) is 29.3 Å². The van der Waals surface area contributed by atoms with Crippen LogP contribution >= 0.6 is 0 Å². The largest absolute Gasteiger partial charge is 0.496 e. The third kappa shape index (κ3) is 3.74. The van der Waals surface area contributed by atoms with Gasteiger partial charge in [0.15, 0.2) is 0 Å². The molecule has 0 bridgehead atoms. The Morgan fingerprint density at radius 1 is 1.45 bits per heavy atom. The number of piperidine rings is 1. The van der Waals surface area contributed by atoms with E-state index in [9.17, 15) is 0 Å². The number of methoxy groups -OCH3 is 1. The van der Waals surface area contributed by atoms with Gasteiger partial charge in [-0.1, -0.05) is 17.7 Å². The Hall–Kier alpha value is -1.06. The van der Waals surface area contributed by atoms with Crippen LogP contribution in [0.5, 0.6) is 5.75 Å². The Bertz CT molecular complexity index is 427. The fraction of sp³-hybridized carbons (Fsp3) is 0.647. The molecule has 0 aromatic heterocycles. The first-order valence-corrected chi connectivity index (χ1v) is 7.67. The SMILES string of the molecule is COc1ccc(C)cc1C(C)N(C)CC1CCCNC1. The number of benzene rings is 1. The van der Waals surface area contributed by atoms with Crippen molar-refractivity contribution < 1.29 is 4.74 Å². The summed E-state index contributed by atoms with van der Waals surface area (Å²) in [4.78, 5) is 2.45. The average Bonchev–Trinajstić information content (AvgIpc) is 2.47. The number of hydrogen-bond acceptors (Lipinski definition) is 3. The number of nitrogens with one attached hydrogen (secondary N) is 1. The van der Waals surface area contributed by atoms with Crippen molar-refractivity contribution in [2.75, 3.05) is 33.8 Å². The normalized spacial score (nSPS) is 20.9. The van der Waals surface area contributed by atoms with Gasteiger partial charge < -0.3 is 10.1 Å². The fourth-order valence-corrected chi connectivity index (χ4v) is 3.06. The summed E-state index contributed by atoms with van der Waals surface area (Å²) >= 11 is 0. The number of ether oxygens (including phenoxy) is 1. The first-order valence-electron chi connectivity index (χ1n) is 7.67. The molecule has 0 radical (unpaired) electrons. The summed E-state index contributed by atoms with van der Waals surface area (Å²) < 4.78 is 5.52. The highest BCUT2D eigenvalue weighted by Gasteiger charge is 2.20. The van der Waals surface area contributed by atoms with Gasteiger partial charge in [-0.05, 0) is 58.8 Å². The van der Waals surface area contributed by atoms with Gasteiger partial charge in [0.05, 0.1) is 7.11 Å². The second-order valence-corrected chi connectivity index (χ2v) is 6.07. The van der Waals surface area contributed by atoms with E-state index in [4.69, 9.17) is 4.74 Å². The molecule has 20 heavy (non-hydrogen) atoms. The van der Waals surface area contributed by atoms with E-state index in [2.05, 4.69) is 49.3 Å². The molecule has 1 N–H and O–H groups in total. The van der Waals surface area contributed by atoms with E-state index < -0.39 is 0 Å². The maximum atomic E-state index is 5.52.